The van der Waals surface area contributed by atoms with Crippen molar-refractivity contribution >= 4 is 12.1 Å². The molecule has 1 fully saturated rings. The molecule has 1 amide bonds. The normalized spacial score (nSPS) is 23.7. The second kappa shape index (κ2) is 5.38. The van der Waals surface area contributed by atoms with Crippen molar-refractivity contribution in [2.45, 2.75) is 12.8 Å². The molecule has 84 valence electrons. The van der Waals surface area contributed by atoms with Crippen LogP contribution in [0.2, 0.25) is 0 Å². The number of hydrogen-bond acceptors (Lipinski definition) is 3. The Balaban J connectivity index is 2.17. The van der Waals surface area contributed by atoms with Gasteiger partial charge in [-0.15, -0.1) is 0 Å². The van der Waals surface area contributed by atoms with Crippen molar-refractivity contribution in [3.8, 4) is 0 Å². The molecule has 0 aliphatic heterocycles. The first-order valence-corrected chi connectivity index (χ1v) is 4.89. The van der Waals surface area contributed by atoms with Crippen LogP contribution in [0.3, 0.4) is 0 Å². The number of rotatable bonds is 5. The lowest BCUT2D eigenvalue weighted by atomic mass is 9.74. The van der Waals surface area contributed by atoms with E-state index in [1.807, 2.05) is 0 Å². The largest absolute Gasteiger partial charge is 0.481 e. The molecule has 2 atom stereocenters. The highest BCUT2D eigenvalue weighted by Crippen LogP contribution is 2.33. The predicted octanol–water partition coefficient (Wildman–Crippen LogP) is 1.01. The molecule has 5 heteroatoms. The zero-order valence-corrected chi connectivity index (χ0v) is 8.44. The van der Waals surface area contributed by atoms with E-state index in [-0.39, 0.29) is 18.4 Å². The Hall–Kier alpha value is -1.52. The molecular formula is C10H15NO4. The highest BCUT2D eigenvalue weighted by atomic mass is 16.5. The first kappa shape index (κ1) is 11.6. The van der Waals surface area contributed by atoms with Crippen LogP contribution < -0.4 is 5.32 Å². The summed E-state index contributed by atoms with van der Waals surface area (Å²) in [5.41, 5.74) is 0. The standard InChI is InChI=1S/C10H15NO4/c1-2-5-15-10(14)11-6-7-3-4-8(7)9(12)13/h2,7-8H,1,3-6H2,(H,11,14)(H,12,13). The summed E-state index contributed by atoms with van der Waals surface area (Å²) in [5, 5.41) is 11.3. The maximum absolute atomic E-state index is 11.0. The first-order valence-electron chi connectivity index (χ1n) is 4.89. The minimum Gasteiger partial charge on any atom is -0.481 e. The highest BCUT2D eigenvalue weighted by molar-refractivity contribution is 5.72. The molecule has 0 spiro atoms. The molecule has 0 bridgehead atoms. The predicted molar refractivity (Wildman–Crippen MR) is 53.4 cm³/mol. The van der Waals surface area contributed by atoms with Crippen molar-refractivity contribution in [1.29, 1.82) is 0 Å². The molecule has 15 heavy (non-hydrogen) atoms. The average molecular weight is 213 g/mol. The minimum absolute atomic E-state index is 0.0405. The second-order valence-electron chi connectivity index (χ2n) is 3.55. The summed E-state index contributed by atoms with van der Waals surface area (Å²) in [5.74, 6) is -1.06. The summed E-state index contributed by atoms with van der Waals surface area (Å²) in [6.45, 7) is 3.94. The van der Waals surface area contributed by atoms with Gasteiger partial charge in [0.05, 0.1) is 5.92 Å². The van der Waals surface area contributed by atoms with Gasteiger partial charge >= 0.3 is 12.1 Å². The third-order valence-corrected chi connectivity index (χ3v) is 2.58. The third-order valence-electron chi connectivity index (χ3n) is 2.58. The zero-order valence-electron chi connectivity index (χ0n) is 8.44. The van der Waals surface area contributed by atoms with Crippen LogP contribution >= 0.6 is 0 Å². The van der Waals surface area contributed by atoms with E-state index < -0.39 is 12.1 Å². The Morgan fingerprint density at radius 2 is 2.27 bits per heavy atom. The molecule has 1 saturated carbocycles. The molecule has 0 aromatic heterocycles. The maximum Gasteiger partial charge on any atom is 0.407 e. The van der Waals surface area contributed by atoms with E-state index in [0.717, 1.165) is 6.42 Å². The van der Waals surface area contributed by atoms with Crippen molar-refractivity contribution in [3.05, 3.63) is 12.7 Å². The van der Waals surface area contributed by atoms with Crippen LogP contribution in [0.4, 0.5) is 4.79 Å². The van der Waals surface area contributed by atoms with E-state index in [1.54, 1.807) is 0 Å². The van der Waals surface area contributed by atoms with E-state index >= 15 is 0 Å². The summed E-state index contributed by atoms with van der Waals surface area (Å²) >= 11 is 0. The molecule has 0 saturated heterocycles. The first-order chi connectivity index (χ1) is 7.15. The van der Waals surface area contributed by atoms with Gasteiger partial charge < -0.3 is 15.2 Å². The lowest BCUT2D eigenvalue weighted by molar-refractivity contribution is -0.147. The average Bonchev–Trinajstić information content (AvgIpc) is 2.12. The number of carboxylic acids is 1. The van der Waals surface area contributed by atoms with E-state index in [0.29, 0.717) is 13.0 Å². The Morgan fingerprint density at radius 1 is 1.53 bits per heavy atom. The molecule has 1 aliphatic carbocycles. The fourth-order valence-corrected chi connectivity index (χ4v) is 1.54. The van der Waals surface area contributed by atoms with Gasteiger partial charge in [0.15, 0.2) is 0 Å². The number of carboxylic acid groups (broad SMARTS) is 1. The topological polar surface area (TPSA) is 75.6 Å². The van der Waals surface area contributed by atoms with Crippen molar-refractivity contribution < 1.29 is 19.4 Å². The summed E-state index contributed by atoms with van der Waals surface area (Å²) in [4.78, 5) is 21.6. The van der Waals surface area contributed by atoms with Gasteiger partial charge in [-0.1, -0.05) is 12.7 Å². The number of carbonyl (C=O) groups excluding carboxylic acids is 1. The molecule has 5 nitrogen and oxygen atoms in total. The number of hydrogen-bond donors (Lipinski definition) is 2. The Morgan fingerprint density at radius 3 is 2.73 bits per heavy atom. The van der Waals surface area contributed by atoms with Crippen LogP contribution in [0.25, 0.3) is 0 Å². The molecule has 0 aromatic rings. The Kier molecular flexibility index (Phi) is 4.15. The van der Waals surface area contributed by atoms with Gasteiger partial charge in [0, 0.05) is 6.54 Å². The van der Waals surface area contributed by atoms with Crippen LogP contribution in [0.1, 0.15) is 12.8 Å². The molecule has 2 N–H and O–H groups in total. The Labute approximate surface area is 88.1 Å². The fraction of sp³-hybridized carbons (Fsp3) is 0.600. The molecule has 1 rings (SSSR count). The van der Waals surface area contributed by atoms with Crippen molar-refractivity contribution in [2.24, 2.45) is 11.8 Å². The van der Waals surface area contributed by atoms with Gasteiger partial charge in [0.25, 0.3) is 0 Å². The summed E-state index contributed by atoms with van der Waals surface area (Å²) < 4.78 is 4.69. The lowest BCUT2D eigenvalue weighted by Crippen LogP contribution is -2.41. The fourth-order valence-electron chi connectivity index (χ4n) is 1.54. The number of amides is 1. The lowest BCUT2D eigenvalue weighted by Gasteiger charge is -2.33. The quantitative estimate of drug-likeness (QED) is 0.668. The van der Waals surface area contributed by atoms with Gasteiger partial charge in [-0.05, 0) is 18.8 Å². The SMILES string of the molecule is C=CCOC(=O)NCC1CCC1C(=O)O. The number of alkyl carbamates (subject to hydrolysis) is 1. The molecule has 0 aromatic carbocycles. The van der Waals surface area contributed by atoms with Crippen LogP contribution in [-0.4, -0.2) is 30.3 Å². The summed E-state index contributed by atoms with van der Waals surface area (Å²) in [6, 6.07) is 0. The van der Waals surface area contributed by atoms with Crippen molar-refractivity contribution in [3.63, 3.8) is 0 Å². The van der Waals surface area contributed by atoms with Gasteiger partial charge in [0.2, 0.25) is 0 Å². The van der Waals surface area contributed by atoms with Crippen LogP contribution in [0.15, 0.2) is 12.7 Å². The van der Waals surface area contributed by atoms with E-state index in [9.17, 15) is 9.59 Å². The molecule has 0 radical (unpaired) electrons. The molecule has 2 unspecified atom stereocenters. The van der Waals surface area contributed by atoms with Gasteiger partial charge in [0.1, 0.15) is 6.61 Å². The number of ether oxygens (including phenoxy) is 1. The van der Waals surface area contributed by atoms with Crippen LogP contribution in [0.5, 0.6) is 0 Å². The number of nitrogens with one attached hydrogen (secondary N) is 1. The summed E-state index contributed by atoms with van der Waals surface area (Å²) in [6.07, 6.45) is 2.50. The van der Waals surface area contributed by atoms with E-state index in [1.165, 1.54) is 6.08 Å². The van der Waals surface area contributed by atoms with E-state index in [2.05, 4.69) is 11.9 Å². The second-order valence-corrected chi connectivity index (χ2v) is 3.55. The maximum atomic E-state index is 11.0. The van der Waals surface area contributed by atoms with E-state index in [4.69, 9.17) is 9.84 Å². The van der Waals surface area contributed by atoms with Gasteiger partial charge in [-0.25, -0.2) is 4.79 Å². The number of aliphatic carboxylic acids is 1. The molecular weight excluding hydrogens is 198 g/mol. The summed E-state index contributed by atoms with van der Waals surface area (Å²) in [7, 11) is 0. The zero-order chi connectivity index (χ0) is 11.3. The number of carbonyl (C=O) groups is 2. The van der Waals surface area contributed by atoms with Crippen molar-refractivity contribution in [1.82, 2.24) is 5.32 Å². The van der Waals surface area contributed by atoms with Crippen LogP contribution in [0, 0.1) is 11.8 Å². The minimum atomic E-state index is -0.785. The smallest absolute Gasteiger partial charge is 0.407 e. The monoisotopic (exact) mass is 213 g/mol. The van der Waals surface area contributed by atoms with Gasteiger partial charge in [-0.3, -0.25) is 4.79 Å². The highest BCUT2D eigenvalue weighted by Gasteiger charge is 2.36. The molecule has 0 heterocycles. The van der Waals surface area contributed by atoms with Crippen molar-refractivity contribution in [2.75, 3.05) is 13.2 Å². The van der Waals surface area contributed by atoms with Crippen LogP contribution in [-0.2, 0) is 9.53 Å². The third kappa shape index (κ3) is 3.27. The molecule has 1 aliphatic rings. The Bertz CT molecular complexity index is 264. The van der Waals surface area contributed by atoms with Gasteiger partial charge in [-0.2, -0.15) is 0 Å².